The lowest BCUT2D eigenvalue weighted by Crippen LogP contribution is -2.28. The van der Waals surface area contributed by atoms with Crippen LogP contribution in [0.2, 0.25) is 0 Å². The highest BCUT2D eigenvalue weighted by Gasteiger charge is 2.22. The Balaban J connectivity index is 1.31. The van der Waals surface area contributed by atoms with E-state index in [-0.39, 0.29) is 17.6 Å². The van der Waals surface area contributed by atoms with Crippen molar-refractivity contribution in [3.63, 3.8) is 0 Å². The lowest BCUT2D eigenvalue weighted by molar-refractivity contribution is 0.0689. The zero-order chi connectivity index (χ0) is 29.2. The van der Waals surface area contributed by atoms with Gasteiger partial charge in [0.25, 0.3) is 5.56 Å². The number of anilines is 2. The standard InChI is InChI=1S/C33H40N6O3/c1-22(2)23(3)30-18-24-19-34-33(35-25-7-9-28(10-8-25)42-29-11-15-37(4)21-29)36-31(24)39(32(30)40)20-27-6-5-14-38(27)26-12-16-41-17-13-26/h5-10,14,18-19,22,26,29H,3,11-13,15-17,20-21H2,1-2,4H3,(H,34,35,36). The van der Waals surface area contributed by atoms with Crippen LogP contribution < -0.4 is 15.6 Å². The Hall–Kier alpha value is -3.95. The number of rotatable bonds is 9. The second-order valence-corrected chi connectivity index (χ2v) is 11.8. The van der Waals surface area contributed by atoms with Crippen molar-refractivity contribution in [2.24, 2.45) is 5.92 Å². The van der Waals surface area contributed by atoms with Crippen molar-refractivity contribution < 1.29 is 9.47 Å². The van der Waals surface area contributed by atoms with Crippen LogP contribution in [0.15, 0.2) is 66.2 Å². The molecule has 3 aromatic heterocycles. The van der Waals surface area contributed by atoms with Gasteiger partial charge in [-0.1, -0.05) is 20.4 Å². The zero-order valence-corrected chi connectivity index (χ0v) is 24.8. The number of likely N-dealkylation sites (N-methyl/N-ethyl adjacent to an activating group) is 1. The van der Waals surface area contributed by atoms with Gasteiger partial charge in [-0.15, -0.1) is 0 Å². The summed E-state index contributed by atoms with van der Waals surface area (Å²) in [5.41, 5.74) is 3.82. The molecule has 42 heavy (non-hydrogen) atoms. The molecule has 1 N–H and O–H groups in total. The van der Waals surface area contributed by atoms with Gasteiger partial charge in [0.15, 0.2) is 0 Å². The van der Waals surface area contributed by atoms with Crippen LogP contribution in [0, 0.1) is 5.92 Å². The van der Waals surface area contributed by atoms with Crippen molar-refractivity contribution in [3.05, 3.63) is 83.0 Å². The Morgan fingerprint density at radius 3 is 2.67 bits per heavy atom. The SMILES string of the molecule is C=C(c1cc2cnc(Nc3ccc(OC4CCN(C)C4)cc3)nc2n(Cc2cccn2C2CCOCC2)c1=O)C(C)C. The van der Waals surface area contributed by atoms with Gasteiger partial charge in [0.05, 0.1) is 6.54 Å². The van der Waals surface area contributed by atoms with Crippen molar-refractivity contribution in [3.8, 4) is 5.75 Å². The summed E-state index contributed by atoms with van der Waals surface area (Å²) in [5.74, 6) is 1.41. The van der Waals surface area contributed by atoms with Crippen LogP contribution in [0.3, 0.4) is 0 Å². The van der Waals surface area contributed by atoms with Crippen LogP contribution in [0.5, 0.6) is 5.75 Å². The molecule has 4 aromatic rings. The minimum Gasteiger partial charge on any atom is -0.489 e. The largest absolute Gasteiger partial charge is 0.489 e. The minimum absolute atomic E-state index is 0.0929. The lowest BCUT2D eigenvalue weighted by atomic mass is 9.97. The van der Waals surface area contributed by atoms with Crippen molar-refractivity contribution in [2.45, 2.75) is 51.8 Å². The summed E-state index contributed by atoms with van der Waals surface area (Å²) < 4.78 is 15.8. The number of pyridine rings is 1. The molecule has 2 aliphatic rings. The van der Waals surface area contributed by atoms with Gasteiger partial charge < -0.3 is 24.3 Å². The van der Waals surface area contributed by atoms with E-state index in [4.69, 9.17) is 14.5 Å². The monoisotopic (exact) mass is 568 g/mol. The highest BCUT2D eigenvalue weighted by atomic mass is 16.5. The second kappa shape index (κ2) is 12.1. The molecule has 2 fully saturated rings. The van der Waals surface area contributed by atoms with Crippen molar-refractivity contribution in [1.29, 1.82) is 0 Å². The zero-order valence-electron chi connectivity index (χ0n) is 24.8. The highest BCUT2D eigenvalue weighted by Crippen LogP contribution is 2.27. The Kier molecular flexibility index (Phi) is 8.13. The molecule has 0 bridgehead atoms. The van der Waals surface area contributed by atoms with Crippen molar-refractivity contribution >= 4 is 28.2 Å². The first-order valence-corrected chi connectivity index (χ1v) is 14.9. The second-order valence-electron chi connectivity index (χ2n) is 11.8. The maximum absolute atomic E-state index is 14.0. The molecule has 0 amide bonds. The van der Waals surface area contributed by atoms with Gasteiger partial charge in [-0.25, -0.2) is 4.98 Å². The average molecular weight is 569 g/mol. The first kappa shape index (κ1) is 28.2. The van der Waals surface area contributed by atoms with E-state index >= 15 is 0 Å². The summed E-state index contributed by atoms with van der Waals surface area (Å²) in [6.07, 6.45) is 7.06. The minimum atomic E-state index is -0.0929. The van der Waals surface area contributed by atoms with Gasteiger partial charge in [0.2, 0.25) is 5.95 Å². The summed E-state index contributed by atoms with van der Waals surface area (Å²) in [6.45, 7) is 12.3. The van der Waals surface area contributed by atoms with E-state index in [9.17, 15) is 4.79 Å². The van der Waals surface area contributed by atoms with E-state index in [1.165, 1.54) is 0 Å². The van der Waals surface area contributed by atoms with Crippen LogP contribution in [-0.2, 0) is 11.3 Å². The summed E-state index contributed by atoms with van der Waals surface area (Å²) in [6, 6.07) is 14.2. The molecule has 1 aromatic carbocycles. The topological polar surface area (TPSA) is 86.4 Å². The van der Waals surface area contributed by atoms with E-state index in [2.05, 4.69) is 65.6 Å². The maximum Gasteiger partial charge on any atom is 0.260 e. The van der Waals surface area contributed by atoms with E-state index in [0.717, 1.165) is 73.7 Å². The molecule has 220 valence electrons. The van der Waals surface area contributed by atoms with Gasteiger partial charge in [0, 0.05) is 67.1 Å². The van der Waals surface area contributed by atoms with Gasteiger partial charge >= 0.3 is 0 Å². The highest BCUT2D eigenvalue weighted by molar-refractivity contribution is 5.81. The third kappa shape index (κ3) is 5.98. The maximum atomic E-state index is 14.0. The van der Waals surface area contributed by atoms with Crippen LogP contribution >= 0.6 is 0 Å². The van der Waals surface area contributed by atoms with Crippen molar-refractivity contribution in [2.75, 3.05) is 38.7 Å². The van der Waals surface area contributed by atoms with Gasteiger partial charge in [-0.2, -0.15) is 4.98 Å². The molecule has 9 heteroatoms. The quantitative estimate of drug-likeness (QED) is 0.286. The van der Waals surface area contributed by atoms with E-state index in [0.29, 0.717) is 29.7 Å². The number of allylic oxidation sites excluding steroid dienone is 1. The number of hydrogen-bond acceptors (Lipinski definition) is 7. The molecule has 6 rings (SSSR count). The number of fused-ring (bicyclic) bond motifs is 1. The van der Waals surface area contributed by atoms with Crippen LogP contribution in [0.4, 0.5) is 11.6 Å². The Morgan fingerprint density at radius 1 is 1.17 bits per heavy atom. The smallest absolute Gasteiger partial charge is 0.260 e. The molecule has 0 radical (unpaired) electrons. The van der Waals surface area contributed by atoms with E-state index in [1.807, 2.05) is 30.3 Å². The van der Waals surface area contributed by atoms with Crippen LogP contribution in [0.1, 0.15) is 50.4 Å². The number of aromatic nitrogens is 4. The molecule has 1 atom stereocenters. The summed E-state index contributed by atoms with van der Waals surface area (Å²) in [7, 11) is 2.12. The van der Waals surface area contributed by atoms with Gasteiger partial charge in [0.1, 0.15) is 17.5 Å². The molecular weight excluding hydrogens is 528 g/mol. The molecule has 1 unspecified atom stereocenters. The third-order valence-corrected chi connectivity index (χ3v) is 8.40. The third-order valence-electron chi connectivity index (χ3n) is 8.40. The van der Waals surface area contributed by atoms with Gasteiger partial charge in [-0.05, 0) is 80.3 Å². The predicted octanol–water partition coefficient (Wildman–Crippen LogP) is 5.49. The van der Waals surface area contributed by atoms with Crippen LogP contribution in [-0.4, -0.2) is 63.5 Å². The summed E-state index contributed by atoms with van der Waals surface area (Å²) >= 11 is 0. The van der Waals surface area contributed by atoms with E-state index < -0.39 is 0 Å². The number of nitrogens with zero attached hydrogens (tertiary/aromatic N) is 5. The van der Waals surface area contributed by atoms with E-state index in [1.54, 1.807) is 10.8 Å². The number of hydrogen-bond donors (Lipinski definition) is 1. The fraction of sp³-hybridized carbons (Fsp3) is 0.424. The normalized spacial score (nSPS) is 18.1. The predicted molar refractivity (Wildman–Crippen MR) is 167 cm³/mol. The summed E-state index contributed by atoms with van der Waals surface area (Å²) in [4.78, 5) is 25.7. The number of likely N-dealkylation sites (tertiary alicyclic amines) is 1. The fourth-order valence-electron chi connectivity index (χ4n) is 5.88. The molecular formula is C33H40N6O3. The molecule has 5 heterocycles. The average Bonchev–Trinajstić information content (AvgIpc) is 3.64. The number of ether oxygens (including phenoxy) is 2. The number of nitrogens with one attached hydrogen (secondary N) is 1. The Morgan fingerprint density at radius 2 is 1.95 bits per heavy atom. The first-order valence-electron chi connectivity index (χ1n) is 14.9. The van der Waals surface area contributed by atoms with Crippen molar-refractivity contribution in [1.82, 2.24) is 24.0 Å². The lowest BCUT2D eigenvalue weighted by Gasteiger charge is -2.26. The van der Waals surface area contributed by atoms with Crippen LogP contribution in [0.25, 0.3) is 16.6 Å². The van der Waals surface area contributed by atoms with Gasteiger partial charge in [-0.3, -0.25) is 9.36 Å². The molecule has 9 nitrogen and oxygen atoms in total. The number of benzene rings is 1. The Labute approximate surface area is 246 Å². The molecule has 2 saturated heterocycles. The Bertz CT molecular complexity index is 1620. The molecule has 0 aliphatic carbocycles. The summed E-state index contributed by atoms with van der Waals surface area (Å²) in [5, 5.41) is 4.11. The molecule has 2 aliphatic heterocycles. The molecule has 0 spiro atoms. The first-order chi connectivity index (χ1) is 20.4. The molecule has 0 saturated carbocycles. The fourth-order valence-corrected chi connectivity index (χ4v) is 5.88.